The van der Waals surface area contributed by atoms with Gasteiger partial charge in [-0.25, -0.2) is 17.8 Å². The number of aryl methyl sites for hydroxylation is 2. The average molecular weight is 434 g/mol. The van der Waals surface area contributed by atoms with Gasteiger partial charge in [0.2, 0.25) is 15.9 Å². The number of carbonyl (C=O) groups is 1. The quantitative estimate of drug-likeness (QED) is 0.678. The fourth-order valence-electron chi connectivity index (χ4n) is 3.64. The van der Waals surface area contributed by atoms with E-state index in [1.54, 1.807) is 0 Å². The van der Waals surface area contributed by atoms with Crippen molar-refractivity contribution in [3.8, 4) is 0 Å². The van der Waals surface area contributed by atoms with Gasteiger partial charge in [0, 0.05) is 6.54 Å². The summed E-state index contributed by atoms with van der Waals surface area (Å²) in [5.74, 6) is -0.914. The van der Waals surface area contributed by atoms with E-state index in [4.69, 9.17) is 0 Å². The fourth-order valence-corrected chi connectivity index (χ4v) is 6.35. The van der Waals surface area contributed by atoms with Gasteiger partial charge in [-0.1, -0.05) is 17.4 Å². The lowest BCUT2D eigenvalue weighted by molar-refractivity contribution is -0.119. The first-order valence-electron chi connectivity index (χ1n) is 9.22. The van der Waals surface area contributed by atoms with Gasteiger partial charge in [0.25, 0.3) is 0 Å². The van der Waals surface area contributed by atoms with Gasteiger partial charge in [0.1, 0.15) is 11.9 Å². The third-order valence-corrected chi connectivity index (χ3v) is 7.83. The number of fused-ring (bicyclic) bond motifs is 1. The highest BCUT2D eigenvalue weighted by Crippen LogP contribution is 2.31. The van der Waals surface area contributed by atoms with Crippen LogP contribution in [0, 0.1) is 19.7 Å². The molecule has 1 fully saturated rings. The molecule has 0 radical (unpaired) electrons. The number of nitrogens with zero attached hydrogens (tertiary/aromatic N) is 2. The van der Waals surface area contributed by atoms with E-state index >= 15 is 0 Å². The summed E-state index contributed by atoms with van der Waals surface area (Å²) in [6.45, 7) is 4.21. The highest BCUT2D eigenvalue weighted by atomic mass is 32.2. The van der Waals surface area contributed by atoms with E-state index in [0.29, 0.717) is 18.0 Å². The molecule has 29 heavy (non-hydrogen) atoms. The minimum atomic E-state index is -3.89. The van der Waals surface area contributed by atoms with Gasteiger partial charge in [-0.2, -0.15) is 4.31 Å². The summed E-state index contributed by atoms with van der Waals surface area (Å²) in [5.41, 5.74) is 2.97. The van der Waals surface area contributed by atoms with Crippen LogP contribution in [0.4, 0.5) is 9.52 Å². The van der Waals surface area contributed by atoms with Gasteiger partial charge in [0.15, 0.2) is 5.13 Å². The molecule has 0 saturated carbocycles. The van der Waals surface area contributed by atoms with Crippen molar-refractivity contribution in [2.45, 2.75) is 37.6 Å². The van der Waals surface area contributed by atoms with Crippen molar-refractivity contribution in [3.05, 3.63) is 53.3 Å². The molecule has 1 unspecified atom stereocenters. The van der Waals surface area contributed by atoms with E-state index in [1.165, 1.54) is 27.8 Å². The van der Waals surface area contributed by atoms with Gasteiger partial charge >= 0.3 is 0 Å². The molecule has 3 aromatic rings. The molecule has 1 aromatic heterocycles. The zero-order valence-corrected chi connectivity index (χ0v) is 17.6. The summed E-state index contributed by atoms with van der Waals surface area (Å²) in [6, 6.07) is 7.86. The summed E-state index contributed by atoms with van der Waals surface area (Å²) >= 11 is 1.37. The van der Waals surface area contributed by atoms with Crippen molar-refractivity contribution >= 4 is 42.6 Å². The number of hydrogen-bond donors (Lipinski definition) is 1. The van der Waals surface area contributed by atoms with Gasteiger partial charge < -0.3 is 5.32 Å². The third kappa shape index (κ3) is 3.77. The van der Waals surface area contributed by atoms with Crippen LogP contribution in [0.2, 0.25) is 0 Å². The molecule has 4 rings (SSSR count). The van der Waals surface area contributed by atoms with Crippen LogP contribution < -0.4 is 5.32 Å². The molecule has 2 aromatic carbocycles. The zero-order chi connectivity index (χ0) is 20.8. The van der Waals surface area contributed by atoms with Crippen LogP contribution in [-0.2, 0) is 14.8 Å². The minimum Gasteiger partial charge on any atom is -0.301 e. The van der Waals surface area contributed by atoms with E-state index in [0.717, 1.165) is 33.5 Å². The summed E-state index contributed by atoms with van der Waals surface area (Å²) in [5, 5.41) is 3.23. The molecular formula is C20H20FN3O3S2. The maximum Gasteiger partial charge on any atom is 0.244 e. The van der Waals surface area contributed by atoms with Crippen LogP contribution in [0.5, 0.6) is 0 Å². The van der Waals surface area contributed by atoms with Crippen molar-refractivity contribution < 1.29 is 17.6 Å². The predicted molar refractivity (Wildman–Crippen MR) is 111 cm³/mol. The topological polar surface area (TPSA) is 79.4 Å². The second-order valence-corrected chi connectivity index (χ2v) is 10.1. The Bertz CT molecular complexity index is 1190. The molecule has 1 aliphatic rings. The largest absolute Gasteiger partial charge is 0.301 e. The molecule has 1 atom stereocenters. The van der Waals surface area contributed by atoms with Crippen molar-refractivity contribution in [2.75, 3.05) is 11.9 Å². The van der Waals surface area contributed by atoms with Crippen molar-refractivity contribution in [1.82, 2.24) is 9.29 Å². The Morgan fingerprint density at radius 1 is 1.24 bits per heavy atom. The number of anilines is 1. The molecule has 0 bridgehead atoms. The van der Waals surface area contributed by atoms with Crippen LogP contribution in [0.1, 0.15) is 24.0 Å². The lowest BCUT2D eigenvalue weighted by atomic mass is 10.1. The second kappa shape index (κ2) is 7.47. The van der Waals surface area contributed by atoms with Crippen LogP contribution in [0.3, 0.4) is 0 Å². The Kier molecular flexibility index (Phi) is 5.14. The van der Waals surface area contributed by atoms with Gasteiger partial charge in [0.05, 0.1) is 15.1 Å². The third-order valence-electron chi connectivity index (χ3n) is 4.99. The number of aromatic nitrogens is 1. The summed E-state index contributed by atoms with van der Waals surface area (Å²) in [4.78, 5) is 17.3. The standard InChI is InChI=1S/C20H20FN3O3S2/c1-12-10-13(2)18-17(11-12)28-20(22-18)23-19(25)16-4-3-9-24(16)29(26,27)15-7-5-14(21)6-8-15/h5-8,10-11,16H,3-4,9H2,1-2H3,(H,22,23,25). The van der Waals surface area contributed by atoms with Crippen molar-refractivity contribution in [3.63, 3.8) is 0 Å². The van der Waals surface area contributed by atoms with Gasteiger partial charge in [-0.05, 0) is 68.1 Å². The number of nitrogens with one attached hydrogen (secondary N) is 1. The van der Waals surface area contributed by atoms with Crippen LogP contribution in [-0.4, -0.2) is 36.2 Å². The first-order valence-corrected chi connectivity index (χ1v) is 11.5. The number of hydrogen-bond acceptors (Lipinski definition) is 5. The zero-order valence-electron chi connectivity index (χ0n) is 16.0. The molecule has 6 nitrogen and oxygen atoms in total. The number of benzene rings is 2. The first-order chi connectivity index (χ1) is 13.8. The molecule has 1 saturated heterocycles. The molecule has 1 aliphatic heterocycles. The number of sulfonamides is 1. The first kappa shape index (κ1) is 19.9. The Morgan fingerprint density at radius 2 is 1.97 bits per heavy atom. The SMILES string of the molecule is Cc1cc(C)c2nc(NC(=O)C3CCCN3S(=O)(=O)c3ccc(F)cc3)sc2c1. The van der Waals surface area contributed by atoms with Crippen molar-refractivity contribution in [1.29, 1.82) is 0 Å². The van der Waals surface area contributed by atoms with Gasteiger partial charge in [-0.15, -0.1) is 0 Å². The maximum atomic E-state index is 13.2. The molecule has 0 aliphatic carbocycles. The second-order valence-electron chi connectivity index (χ2n) is 7.16. The Balaban J connectivity index is 1.58. The molecule has 1 amide bonds. The number of carbonyl (C=O) groups excluding carboxylic acids is 1. The Labute approximate surface area is 172 Å². The molecule has 0 spiro atoms. The van der Waals surface area contributed by atoms with E-state index in [1.807, 2.05) is 26.0 Å². The minimum absolute atomic E-state index is 0.0234. The maximum absolute atomic E-state index is 13.2. The summed E-state index contributed by atoms with van der Waals surface area (Å²) in [6.07, 6.45) is 1.01. The molecule has 2 heterocycles. The average Bonchev–Trinajstić information content (AvgIpc) is 3.29. The molecule has 1 N–H and O–H groups in total. The highest BCUT2D eigenvalue weighted by molar-refractivity contribution is 7.89. The van der Waals surface area contributed by atoms with E-state index < -0.39 is 27.8 Å². The summed E-state index contributed by atoms with van der Waals surface area (Å²) < 4.78 is 41.2. The van der Waals surface area contributed by atoms with E-state index in [-0.39, 0.29) is 11.4 Å². The Hall–Kier alpha value is -2.36. The monoisotopic (exact) mass is 433 g/mol. The van der Waals surface area contributed by atoms with Crippen LogP contribution >= 0.6 is 11.3 Å². The lowest BCUT2D eigenvalue weighted by Crippen LogP contribution is -2.43. The Morgan fingerprint density at radius 3 is 2.69 bits per heavy atom. The number of thiazole rings is 1. The van der Waals surface area contributed by atoms with Gasteiger partial charge in [-0.3, -0.25) is 4.79 Å². The molecule has 9 heteroatoms. The number of halogens is 1. The van der Waals surface area contributed by atoms with Crippen LogP contribution in [0.15, 0.2) is 41.3 Å². The van der Waals surface area contributed by atoms with Crippen molar-refractivity contribution in [2.24, 2.45) is 0 Å². The molecular weight excluding hydrogens is 413 g/mol. The molecule has 152 valence electrons. The smallest absolute Gasteiger partial charge is 0.244 e. The predicted octanol–water partition coefficient (Wildman–Crippen LogP) is 3.84. The number of amides is 1. The normalized spacial score (nSPS) is 17.7. The van der Waals surface area contributed by atoms with E-state index in [2.05, 4.69) is 10.3 Å². The fraction of sp³-hybridized carbons (Fsp3) is 0.300. The highest BCUT2D eigenvalue weighted by Gasteiger charge is 2.39. The number of rotatable bonds is 4. The summed E-state index contributed by atoms with van der Waals surface area (Å²) in [7, 11) is -3.89. The van der Waals surface area contributed by atoms with E-state index in [9.17, 15) is 17.6 Å². The lowest BCUT2D eigenvalue weighted by Gasteiger charge is -2.23. The van der Waals surface area contributed by atoms with Crippen LogP contribution in [0.25, 0.3) is 10.2 Å².